The minimum Gasteiger partial charge on any atom is -0.362 e. The summed E-state index contributed by atoms with van der Waals surface area (Å²) in [6, 6.07) is 3.70. The van der Waals surface area contributed by atoms with Crippen LogP contribution >= 0.6 is 24.0 Å². The van der Waals surface area contributed by atoms with Crippen LogP contribution in [0.3, 0.4) is 0 Å². The highest BCUT2D eigenvalue weighted by Gasteiger charge is 2.33. The molecule has 1 aliphatic heterocycles. The second-order valence-electron chi connectivity index (χ2n) is 4.78. The van der Waals surface area contributed by atoms with Crippen molar-refractivity contribution in [2.45, 2.75) is 20.3 Å². The van der Waals surface area contributed by atoms with Crippen LogP contribution in [-0.2, 0) is 9.59 Å². The number of nitrogens with one attached hydrogen (secondary N) is 2. The highest BCUT2D eigenvalue weighted by atomic mass is 32.2. The van der Waals surface area contributed by atoms with E-state index in [0.29, 0.717) is 15.6 Å². The molecule has 0 bridgehead atoms. The van der Waals surface area contributed by atoms with Gasteiger partial charge >= 0.3 is 0 Å². The number of hydrazine groups is 1. The molecule has 20 heavy (non-hydrogen) atoms. The van der Waals surface area contributed by atoms with Crippen molar-refractivity contribution >= 4 is 46.2 Å². The summed E-state index contributed by atoms with van der Waals surface area (Å²) in [7, 11) is 0. The standard InChI is InChI=1S/C13H15N3O2S2/c1-8(2)6-11(17)15-16-12(18)10(20-13(16)19)7-9-4-3-5-14-9/h3-5,7-8,14H,6H2,1-2H3,(H,15,17)/b10-7+. The van der Waals surface area contributed by atoms with Crippen molar-refractivity contribution in [1.82, 2.24) is 15.4 Å². The Morgan fingerprint density at radius 3 is 2.95 bits per heavy atom. The SMILES string of the molecule is CC(C)CC(=O)NN1C(=O)/C(=C\c2ccc[nH]2)SC1=S. The second-order valence-corrected chi connectivity index (χ2v) is 6.45. The Balaban J connectivity index is 2.07. The third-order valence-corrected chi connectivity index (χ3v) is 3.83. The first-order chi connectivity index (χ1) is 9.47. The van der Waals surface area contributed by atoms with Crippen molar-refractivity contribution < 1.29 is 9.59 Å². The summed E-state index contributed by atoms with van der Waals surface area (Å²) >= 11 is 6.30. The molecule has 2 amide bonds. The van der Waals surface area contributed by atoms with Crippen molar-refractivity contribution in [2.75, 3.05) is 0 Å². The van der Waals surface area contributed by atoms with Gasteiger partial charge in [-0.2, -0.15) is 5.01 Å². The van der Waals surface area contributed by atoms with Gasteiger partial charge in [0.15, 0.2) is 4.32 Å². The number of aromatic nitrogens is 1. The van der Waals surface area contributed by atoms with E-state index >= 15 is 0 Å². The Hall–Kier alpha value is -1.60. The number of amides is 2. The van der Waals surface area contributed by atoms with Crippen molar-refractivity contribution in [1.29, 1.82) is 0 Å². The topological polar surface area (TPSA) is 65.2 Å². The van der Waals surface area contributed by atoms with Crippen molar-refractivity contribution in [2.24, 2.45) is 5.92 Å². The molecule has 0 saturated carbocycles. The summed E-state index contributed by atoms with van der Waals surface area (Å²) in [5, 5.41) is 1.14. The molecule has 1 fully saturated rings. The Kier molecular flexibility index (Phi) is 4.61. The van der Waals surface area contributed by atoms with Gasteiger partial charge < -0.3 is 4.98 Å². The van der Waals surface area contributed by atoms with Gasteiger partial charge in [-0.3, -0.25) is 15.0 Å². The van der Waals surface area contributed by atoms with E-state index in [4.69, 9.17) is 12.2 Å². The van der Waals surface area contributed by atoms with Crippen LogP contribution in [0.5, 0.6) is 0 Å². The molecule has 1 aromatic rings. The Morgan fingerprint density at radius 2 is 2.35 bits per heavy atom. The van der Waals surface area contributed by atoms with Crippen LogP contribution in [0.2, 0.25) is 0 Å². The number of carbonyl (C=O) groups excluding carboxylic acids is 2. The highest BCUT2D eigenvalue weighted by molar-refractivity contribution is 8.26. The lowest BCUT2D eigenvalue weighted by Crippen LogP contribution is -2.45. The fraction of sp³-hybridized carbons (Fsp3) is 0.308. The first-order valence-corrected chi connectivity index (χ1v) is 7.40. The van der Waals surface area contributed by atoms with Gasteiger partial charge in [0.1, 0.15) is 0 Å². The van der Waals surface area contributed by atoms with Gasteiger partial charge in [-0.1, -0.05) is 25.6 Å². The lowest BCUT2D eigenvalue weighted by atomic mass is 10.1. The normalized spacial score (nSPS) is 17.4. The van der Waals surface area contributed by atoms with Gasteiger partial charge in [0.2, 0.25) is 5.91 Å². The zero-order chi connectivity index (χ0) is 14.7. The van der Waals surface area contributed by atoms with Crippen LogP contribution in [0, 0.1) is 5.92 Å². The number of carbonyl (C=O) groups is 2. The summed E-state index contributed by atoms with van der Waals surface area (Å²) in [5.74, 6) is -0.285. The minimum absolute atomic E-state index is 0.211. The monoisotopic (exact) mass is 309 g/mol. The molecule has 2 rings (SSSR count). The van der Waals surface area contributed by atoms with Crippen LogP contribution in [0.15, 0.2) is 23.2 Å². The fourth-order valence-electron chi connectivity index (χ4n) is 1.68. The van der Waals surface area contributed by atoms with E-state index in [-0.39, 0.29) is 17.7 Å². The third kappa shape index (κ3) is 3.49. The molecule has 106 valence electrons. The molecule has 2 heterocycles. The summed E-state index contributed by atoms with van der Waals surface area (Å²) in [4.78, 5) is 27.4. The van der Waals surface area contributed by atoms with E-state index in [1.54, 1.807) is 12.3 Å². The average molecular weight is 309 g/mol. The zero-order valence-electron chi connectivity index (χ0n) is 11.2. The fourth-order valence-corrected chi connectivity index (χ4v) is 2.85. The molecule has 1 aromatic heterocycles. The summed E-state index contributed by atoms with van der Waals surface area (Å²) in [6.07, 6.45) is 3.84. The lowest BCUT2D eigenvalue weighted by molar-refractivity contribution is -0.133. The van der Waals surface area contributed by atoms with E-state index in [9.17, 15) is 9.59 Å². The van der Waals surface area contributed by atoms with E-state index in [1.807, 2.05) is 26.0 Å². The molecule has 7 heteroatoms. The van der Waals surface area contributed by atoms with Crippen molar-refractivity contribution in [3.05, 3.63) is 28.9 Å². The van der Waals surface area contributed by atoms with E-state index < -0.39 is 0 Å². The van der Waals surface area contributed by atoms with Gasteiger partial charge in [0.05, 0.1) is 4.91 Å². The second kappa shape index (κ2) is 6.23. The largest absolute Gasteiger partial charge is 0.362 e. The molecule has 0 atom stereocenters. The first kappa shape index (κ1) is 14.8. The van der Waals surface area contributed by atoms with Gasteiger partial charge in [-0.25, -0.2) is 0 Å². The number of aromatic amines is 1. The number of H-pyrrole nitrogens is 1. The molecule has 0 unspecified atom stereocenters. The average Bonchev–Trinajstić information content (AvgIpc) is 2.93. The number of hydrogen-bond acceptors (Lipinski definition) is 4. The summed E-state index contributed by atoms with van der Waals surface area (Å²) < 4.78 is 0.338. The molecule has 1 saturated heterocycles. The number of thioether (sulfide) groups is 1. The zero-order valence-corrected chi connectivity index (χ0v) is 12.8. The van der Waals surface area contributed by atoms with Crippen molar-refractivity contribution in [3.63, 3.8) is 0 Å². The van der Waals surface area contributed by atoms with Gasteiger partial charge in [-0.15, -0.1) is 0 Å². The Labute approximate surface area is 126 Å². The summed E-state index contributed by atoms with van der Waals surface area (Å²) in [6.45, 7) is 3.88. The minimum atomic E-state index is -0.299. The van der Waals surface area contributed by atoms with Crippen LogP contribution in [0.1, 0.15) is 26.0 Å². The van der Waals surface area contributed by atoms with Crippen LogP contribution in [-0.4, -0.2) is 26.1 Å². The number of hydrogen-bond donors (Lipinski definition) is 2. The molecule has 2 N–H and O–H groups in total. The molecular weight excluding hydrogens is 294 g/mol. The van der Waals surface area contributed by atoms with Gasteiger partial charge in [0.25, 0.3) is 5.91 Å². The number of thiocarbonyl (C=S) groups is 1. The molecular formula is C13H15N3O2S2. The smallest absolute Gasteiger partial charge is 0.285 e. The molecule has 5 nitrogen and oxygen atoms in total. The van der Waals surface area contributed by atoms with Gasteiger partial charge in [-0.05, 0) is 36.3 Å². The Bertz CT molecular complexity index is 564. The first-order valence-electron chi connectivity index (χ1n) is 6.18. The number of rotatable bonds is 4. The Morgan fingerprint density at radius 1 is 1.60 bits per heavy atom. The lowest BCUT2D eigenvalue weighted by Gasteiger charge is -2.16. The quantitative estimate of drug-likeness (QED) is 0.661. The van der Waals surface area contributed by atoms with Crippen molar-refractivity contribution in [3.8, 4) is 0 Å². The number of nitrogens with zero attached hydrogens (tertiary/aromatic N) is 1. The van der Waals surface area contributed by atoms with Crippen LogP contribution < -0.4 is 5.43 Å². The maximum atomic E-state index is 12.2. The third-order valence-electron chi connectivity index (χ3n) is 2.53. The van der Waals surface area contributed by atoms with E-state index in [0.717, 1.165) is 10.7 Å². The summed E-state index contributed by atoms with van der Waals surface area (Å²) in [5.41, 5.74) is 3.37. The maximum absolute atomic E-state index is 12.2. The molecule has 0 radical (unpaired) electrons. The van der Waals surface area contributed by atoms with E-state index in [2.05, 4.69) is 10.4 Å². The maximum Gasteiger partial charge on any atom is 0.285 e. The predicted molar refractivity (Wildman–Crippen MR) is 83.4 cm³/mol. The molecule has 0 aliphatic carbocycles. The van der Waals surface area contributed by atoms with Crippen LogP contribution in [0.25, 0.3) is 6.08 Å². The highest BCUT2D eigenvalue weighted by Crippen LogP contribution is 2.31. The van der Waals surface area contributed by atoms with Crippen LogP contribution in [0.4, 0.5) is 0 Å². The van der Waals surface area contributed by atoms with Gasteiger partial charge in [0, 0.05) is 18.3 Å². The molecule has 0 aromatic carbocycles. The predicted octanol–water partition coefficient (Wildman–Crippen LogP) is 2.29. The molecule has 0 spiro atoms. The van der Waals surface area contributed by atoms with E-state index in [1.165, 1.54) is 11.8 Å². The molecule has 1 aliphatic rings.